The van der Waals surface area contributed by atoms with Gasteiger partial charge in [-0.25, -0.2) is 15.6 Å². The maximum atomic E-state index is 12.7. The number of guanidine groups is 2. The molecule has 0 unspecified atom stereocenters. The molecule has 4 rings (SSSR count). The molecule has 0 saturated carbocycles. The van der Waals surface area contributed by atoms with E-state index >= 15 is 0 Å². The van der Waals surface area contributed by atoms with E-state index < -0.39 is 5.66 Å². The second-order valence-electron chi connectivity index (χ2n) is 6.02. The minimum absolute atomic E-state index is 0.102. The second kappa shape index (κ2) is 6.20. The molecular formula is C18H19N6O3+. The van der Waals surface area contributed by atoms with Gasteiger partial charge in [0.05, 0.1) is 19.9 Å². The third-order valence-corrected chi connectivity index (χ3v) is 4.41. The fourth-order valence-corrected chi connectivity index (χ4v) is 3.16. The highest BCUT2D eigenvalue weighted by molar-refractivity contribution is 6.10. The largest absolute Gasteiger partial charge is 0.497 e. The molecule has 1 atom stereocenters. The van der Waals surface area contributed by atoms with Crippen LogP contribution in [-0.4, -0.2) is 32.0 Å². The summed E-state index contributed by atoms with van der Waals surface area (Å²) in [7, 11) is 3.15. The lowest BCUT2D eigenvalue weighted by molar-refractivity contribution is -0.544. The van der Waals surface area contributed by atoms with Gasteiger partial charge in [0.25, 0.3) is 17.5 Å². The van der Waals surface area contributed by atoms with Crippen LogP contribution in [-0.2, 0) is 10.5 Å². The molecule has 0 bridgehead atoms. The molecule has 2 aromatic carbocycles. The van der Waals surface area contributed by atoms with Crippen LogP contribution < -0.4 is 36.2 Å². The van der Waals surface area contributed by atoms with Gasteiger partial charge < -0.3 is 20.5 Å². The molecule has 27 heavy (non-hydrogen) atoms. The monoisotopic (exact) mass is 367 g/mol. The maximum absolute atomic E-state index is 12.7. The topological polar surface area (TPSA) is 124 Å². The molecule has 0 saturated heterocycles. The number of nitrogens with two attached hydrogens (primary N) is 1. The number of hydrogen-bond acceptors (Lipinski definition) is 7. The number of para-hydroxylation sites is 1. The molecular weight excluding hydrogens is 348 g/mol. The van der Waals surface area contributed by atoms with E-state index in [9.17, 15) is 4.79 Å². The van der Waals surface area contributed by atoms with Gasteiger partial charge in [0.1, 0.15) is 11.4 Å². The Bertz CT molecular complexity index is 987. The number of nitrogens with one attached hydrogen (secondary N) is 4. The zero-order chi connectivity index (χ0) is 19.0. The average Bonchev–Trinajstić information content (AvgIpc) is 2.92. The van der Waals surface area contributed by atoms with Crippen molar-refractivity contribution in [2.24, 2.45) is 10.7 Å². The van der Waals surface area contributed by atoms with Gasteiger partial charge in [0, 0.05) is 11.6 Å². The van der Waals surface area contributed by atoms with Crippen molar-refractivity contribution in [3.05, 3.63) is 48.0 Å². The van der Waals surface area contributed by atoms with Crippen molar-refractivity contribution >= 4 is 29.2 Å². The highest BCUT2D eigenvalue weighted by Crippen LogP contribution is 2.34. The summed E-state index contributed by atoms with van der Waals surface area (Å²) in [6.45, 7) is 0. The molecule has 0 radical (unpaired) electrons. The van der Waals surface area contributed by atoms with Crippen molar-refractivity contribution < 1.29 is 19.3 Å². The van der Waals surface area contributed by atoms with Crippen LogP contribution in [0.2, 0.25) is 0 Å². The van der Waals surface area contributed by atoms with Crippen LogP contribution >= 0.6 is 0 Å². The van der Waals surface area contributed by atoms with Crippen molar-refractivity contribution in [1.82, 2.24) is 5.32 Å². The Hall–Kier alpha value is -3.75. The van der Waals surface area contributed by atoms with E-state index in [4.69, 9.17) is 15.2 Å². The number of aliphatic imine (C=N–C) groups is 1. The van der Waals surface area contributed by atoms with Crippen molar-refractivity contribution in [2.75, 3.05) is 24.9 Å². The summed E-state index contributed by atoms with van der Waals surface area (Å²) in [5.41, 5.74) is 6.64. The number of amides is 1. The first-order valence-corrected chi connectivity index (χ1v) is 8.23. The third kappa shape index (κ3) is 2.69. The standard InChI is InChI=1S/C18H18N6O3/c1-26-10-7-8-14(27-2)13(9-10)21-17-22-16(19)23-18(24-17)11-5-3-4-6-12(11)20-15(18)25/h3-9H,1-2H3,(H,20,25)(H4,19,21,22,23,24)/p+1/t18-/m1/s1. The molecule has 9 heteroatoms. The first-order chi connectivity index (χ1) is 13.1. The molecule has 1 spiro atoms. The Morgan fingerprint density at radius 3 is 2.74 bits per heavy atom. The van der Waals surface area contributed by atoms with Crippen LogP contribution in [0.5, 0.6) is 11.5 Å². The lowest BCUT2D eigenvalue weighted by Crippen LogP contribution is -2.92. The number of fused-ring (bicyclic) bond motifs is 2. The molecule has 2 heterocycles. The Labute approximate surface area is 155 Å². The molecule has 0 aliphatic carbocycles. The van der Waals surface area contributed by atoms with E-state index in [1.807, 2.05) is 24.3 Å². The third-order valence-electron chi connectivity index (χ3n) is 4.41. The Morgan fingerprint density at radius 2 is 1.96 bits per heavy atom. The lowest BCUT2D eigenvalue weighted by Gasteiger charge is -2.22. The minimum atomic E-state index is -1.35. The maximum Gasteiger partial charge on any atom is 0.358 e. The Morgan fingerprint density at radius 1 is 1.15 bits per heavy atom. The van der Waals surface area contributed by atoms with Gasteiger partial charge in [0.15, 0.2) is 5.75 Å². The van der Waals surface area contributed by atoms with Crippen molar-refractivity contribution in [3.8, 4) is 11.5 Å². The van der Waals surface area contributed by atoms with E-state index in [2.05, 4.69) is 25.9 Å². The van der Waals surface area contributed by atoms with Crippen LogP contribution in [0.1, 0.15) is 5.56 Å². The first-order valence-electron chi connectivity index (χ1n) is 8.23. The smallest absolute Gasteiger partial charge is 0.358 e. The fourth-order valence-electron chi connectivity index (χ4n) is 3.16. The SMILES string of the molecule is COc1ccc(OC)c(NC2=[NH+][C@@]3(N=C(N)N2)C(=O)Nc2ccccc23)c1. The van der Waals surface area contributed by atoms with Gasteiger partial charge >= 0.3 is 5.96 Å². The molecule has 0 fully saturated rings. The lowest BCUT2D eigenvalue weighted by atomic mass is 10.0. The number of benzene rings is 2. The normalized spacial score (nSPS) is 20.1. The minimum Gasteiger partial charge on any atom is -0.497 e. The van der Waals surface area contributed by atoms with Crippen molar-refractivity contribution in [2.45, 2.75) is 5.66 Å². The molecule has 138 valence electrons. The van der Waals surface area contributed by atoms with Gasteiger partial charge in [-0.2, -0.15) is 4.99 Å². The van der Waals surface area contributed by atoms with Gasteiger partial charge in [0.2, 0.25) is 0 Å². The molecule has 2 aliphatic rings. The number of anilines is 2. The van der Waals surface area contributed by atoms with Gasteiger partial charge in [-0.15, -0.1) is 0 Å². The molecule has 1 amide bonds. The Balaban J connectivity index is 1.77. The number of hydrogen-bond donors (Lipinski definition) is 5. The summed E-state index contributed by atoms with van der Waals surface area (Å²) in [5, 5.41) is 8.88. The predicted molar refractivity (Wildman–Crippen MR) is 101 cm³/mol. The van der Waals surface area contributed by atoms with Crippen molar-refractivity contribution in [1.29, 1.82) is 0 Å². The number of nitrogens with zero attached hydrogens (tertiary/aromatic N) is 1. The quantitative estimate of drug-likeness (QED) is 0.488. The molecule has 6 N–H and O–H groups in total. The molecule has 9 nitrogen and oxygen atoms in total. The highest BCUT2D eigenvalue weighted by atomic mass is 16.5. The Kier molecular flexibility index (Phi) is 3.84. The van der Waals surface area contributed by atoms with Crippen LogP contribution in [0.4, 0.5) is 11.4 Å². The van der Waals surface area contributed by atoms with Gasteiger partial charge in [-0.3, -0.25) is 4.79 Å². The summed E-state index contributed by atoms with van der Waals surface area (Å²) < 4.78 is 10.6. The summed E-state index contributed by atoms with van der Waals surface area (Å²) in [4.78, 5) is 20.2. The second-order valence-corrected chi connectivity index (χ2v) is 6.02. The number of carbonyl (C=O) groups is 1. The molecule has 0 aromatic heterocycles. The zero-order valence-electron chi connectivity index (χ0n) is 14.8. The average molecular weight is 367 g/mol. The first kappa shape index (κ1) is 16.7. The van der Waals surface area contributed by atoms with Crippen LogP contribution in [0.3, 0.4) is 0 Å². The summed E-state index contributed by atoms with van der Waals surface area (Å²) in [5.74, 6) is 1.42. The van der Waals surface area contributed by atoms with Crippen LogP contribution in [0.15, 0.2) is 47.5 Å². The summed E-state index contributed by atoms with van der Waals surface area (Å²) in [6, 6.07) is 12.7. The van der Waals surface area contributed by atoms with E-state index in [0.29, 0.717) is 34.4 Å². The molecule has 2 aliphatic heterocycles. The van der Waals surface area contributed by atoms with Crippen LogP contribution in [0, 0.1) is 0 Å². The fraction of sp³-hybridized carbons (Fsp3) is 0.167. The van der Waals surface area contributed by atoms with Crippen LogP contribution in [0.25, 0.3) is 0 Å². The predicted octanol–water partition coefficient (Wildman–Crippen LogP) is -0.725. The number of rotatable bonds is 3. The van der Waals surface area contributed by atoms with Gasteiger partial charge in [-0.05, 0) is 18.2 Å². The zero-order valence-corrected chi connectivity index (χ0v) is 14.8. The van der Waals surface area contributed by atoms with Gasteiger partial charge in [-0.1, -0.05) is 18.2 Å². The van der Waals surface area contributed by atoms with E-state index in [-0.39, 0.29) is 11.9 Å². The van der Waals surface area contributed by atoms with Crippen molar-refractivity contribution in [3.63, 3.8) is 0 Å². The van der Waals surface area contributed by atoms with E-state index in [0.717, 1.165) is 0 Å². The summed E-state index contributed by atoms with van der Waals surface area (Å²) in [6.07, 6.45) is 0. The number of carbonyl (C=O) groups excluding carboxylic acids is 1. The number of ether oxygens (including phenoxy) is 2. The highest BCUT2D eigenvalue weighted by Gasteiger charge is 2.51. The van der Waals surface area contributed by atoms with E-state index in [1.54, 1.807) is 32.4 Å². The molecule has 2 aromatic rings. The van der Waals surface area contributed by atoms with E-state index in [1.165, 1.54) is 0 Å². The number of methoxy groups -OCH3 is 2. The summed E-state index contributed by atoms with van der Waals surface area (Å²) >= 11 is 0.